The molecule has 7 nitrogen and oxygen atoms in total. The van der Waals surface area contributed by atoms with Crippen molar-refractivity contribution >= 4 is 34.9 Å². The zero-order valence-electron chi connectivity index (χ0n) is 19.3. The lowest BCUT2D eigenvalue weighted by molar-refractivity contribution is -0.124. The highest BCUT2D eigenvalue weighted by molar-refractivity contribution is 8.18. The Morgan fingerprint density at radius 2 is 1.88 bits per heavy atom. The summed E-state index contributed by atoms with van der Waals surface area (Å²) >= 11 is 0.883. The third kappa shape index (κ3) is 6.16. The fourth-order valence-corrected chi connectivity index (χ4v) is 4.23. The van der Waals surface area contributed by atoms with Crippen LogP contribution >= 0.6 is 11.8 Å². The summed E-state index contributed by atoms with van der Waals surface area (Å²) in [4.78, 5) is 38.8. The van der Waals surface area contributed by atoms with Crippen molar-refractivity contribution in [1.82, 2.24) is 10.2 Å². The second kappa shape index (κ2) is 11.0. The first-order valence-electron chi connectivity index (χ1n) is 10.7. The number of ether oxygens (including phenoxy) is 2. The van der Waals surface area contributed by atoms with E-state index in [9.17, 15) is 14.4 Å². The fraction of sp³-hybridized carbons (Fsp3) is 0.320. The summed E-state index contributed by atoms with van der Waals surface area (Å²) < 4.78 is 10.8. The Balaban J connectivity index is 1.57. The summed E-state index contributed by atoms with van der Waals surface area (Å²) in [6, 6.07) is 11.2. The van der Waals surface area contributed by atoms with Gasteiger partial charge in [0.25, 0.3) is 11.1 Å². The number of carbonyl (C=O) groups excluding carboxylic acids is 3. The molecule has 0 unspecified atom stereocenters. The normalized spacial score (nSPS) is 14.7. The summed E-state index contributed by atoms with van der Waals surface area (Å²) in [6.45, 7) is 6.74. The summed E-state index contributed by atoms with van der Waals surface area (Å²) in [5.41, 5.74) is 3.96. The van der Waals surface area contributed by atoms with Crippen molar-refractivity contribution in [1.29, 1.82) is 0 Å². The minimum absolute atomic E-state index is 0.118. The monoisotopic (exact) mass is 468 g/mol. The number of hydrogen-bond donors (Lipinski definition) is 1. The Labute approximate surface area is 198 Å². The van der Waals surface area contributed by atoms with Crippen molar-refractivity contribution in [3.05, 3.63) is 63.6 Å². The van der Waals surface area contributed by atoms with Gasteiger partial charge in [-0.15, -0.1) is 0 Å². The Morgan fingerprint density at radius 1 is 1.09 bits per heavy atom. The molecule has 1 saturated heterocycles. The molecule has 1 aliphatic rings. The maximum atomic E-state index is 12.7. The maximum absolute atomic E-state index is 12.7. The number of aryl methyl sites for hydroxylation is 2. The third-order valence-corrected chi connectivity index (χ3v) is 6.16. The molecular weight excluding hydrogens is 440 g/mol. The molecular formula is C25H28N2O5S. The van der Waals surface area contributed by atoms with E-state index in [-0.39, 0.29) is 36.6 Å². The second-order valence-corrected chi connectivity index (χ2v) is 8.62. The van der Waals surface area contributed by atoms with Crippen molar-refractivity contribution in [2.24, 2.45) is 0 Å². The highest BCUT2D eigenvalue weighted by Gasteiger charge is 2.34. The van der Waals surface area contributed by atoms with Gasteiger partial charge < -0.3 is 14.8 Å². The lowest BCUT2D eigenvalue weighted by Crippen LogP contribution is -2.37. The predicted octanol–water partition coefficient (Wildman–Crippen LogP) is 4.11. The number of methoxy groups -OCH3 is 1. The molecule has 174 valence electrons. The Kier molecular flexibility index (Phi) is 8.16. The van der Waals surface area contributed by atoms with Crippen molar-refractivity contribution in [3.63, 3.8) is 0 Å². The Hall–Kier alpha value is -3.26. The third-order valence-electron chi connectivity index (χ3n) is 5.25. The van der Waals surface area contributed by atoms with E-state index < -0.39 is 0 Å². The number of rotatable bonds is 9. The van der Waals surface area contributed by atoms with Crippen LogP contribution in [0.4, 0.5) is 4.79 Å². The average Bonchev–Trinajstić information content (AvgIpc) is 3.04. The molecule has 0 aliphatic carbocycles. The number of carbonyl (C=O) groups is 3. The van der Waals surface area contributed by atoms with Gasteiger partial charge in [-0.2, -0.15) is 0 Å². The SMILES string of the molecule is CCOc1ccc(/C=C2/SC(=O)N(CCNC(=O)Cc3ccc(C)c(C)c3)C2=O)cc1OC. The van der Waals surface area contributed by atoms with Crippen LogP contribution in [0.1, 0.15) is 29.2 Å². The highest BCUT2D eigenvalue weighted by Crippen LogP contribution is 2.34. The number of nitrogens with one attached hydrogen (secondary N) is 1. The number of thioether (sulfide) groups is 1. The Morgan fingerprint density at radius 3 is 2.58 bits per heavy atom. The van der Waals surface area contributed by atoms with Gasteiger partial charge in [0.2, 0.25) is 5.91 Å². The van der Waals surface area contributed by atoms with Crippen LogP contribution in [0.5, 0.6) is 11.5 Å². The molecule has 1 aliphatic heterocycles. The summed E-state index contributed by atoms with van der Waals surface area (Å²) in [5.74, 6) is 0.640. The van der Waals surface area contributed by atoms with Crippen molar-refractivity contribution < 1.29 is 23.9 Å². The molecule has 8 heteroatoms. The number of benzene rings is 2. The van der Waals surface area contributed by atoms with E-state index in [1.807, 2.05) is 39.0 Å². The zero-order chi connectivity index (χ0) is 24.0. The molecule has 2 aromatic rings. The molecule has 0 spiro atoms. The molecule has 0 saturated carbocycles. The number of hydrogen-bond acceptors (Lipinski definition) is 6. The topological polar surface area (TPSA) is 84.9 Å². The zero-order valence-corrected chi connectivity index (χ0v) is 20.1. The summed E-state index contributed by atoms with van der Waals surface area (Å²) in [7, 11) is 1.55. The van der Waals surface area contributed by atoms with E-state index in [1.54, 1.807) is 31.4 Å². The van der Waals surface area contributed by atoms with Crippen molar-refractivity contribution in [2.75, 3.05) is 26.8 Å². The standard InChI is InChI=1S/C25H28N2O5S/c1-5-32-20-9-8-19(13-21(20)31-4)14-22-24(29)27(25(30)33-22)11-10-26-23(28)15-18-7-6-16(2)17(3)12-18/h6-9,12-14H,5,10-11,15H2,1-4H3,(H,26,28)/b22-14+. The first-order chi connectivity index (χ1) is 15.8. The van der Waals surface area contributed by atoms with Crippen LogP contribution in [0.15, 0.2) is 41.3 Å². The molecule has 0 bridgehead atoms. The first-order valence-corrected chi connectivity index (χ1v) is 11.5. The van der Waals surface area contributed by atoms with E-state index in [0.717, 1.165) is 33.4 Å². The minimum Gasteiger partial charge on any atom is -0.493 e. The molecule has 0 atom stereocenters. The van der Waals surface area contributed by atoms with Gasteiger partial charge in [-0.25, -0.2) is 0 Å². The van der Waals surface area contributed by atoms with Gasteiger partial charge in [-0.3, -0.25) is 19.3 Å². The van der Waals surface area contributed by atoms with Crippen LogP contribution in [0.2, 0.25) is 0 Å². The summed E-state index contributed by atoms with van der Waals surface area (Å²) in [5, 5.41) is 2.43. The molecule has 0 aromatic heterocycles. The molecule has 1 fully saturated rings. The highest BCUT2D eigenvalue weighted by atomic mass is 32.2. The lowest BCUT2D eigenvalue weighted by Gasteiger charge is -2.13. The quantitative estimate of drug-likeness (QED) is 0.558. The smallest absolute Gasteiger partial charge is 0.293 e. The second-order valence-electron chi connectivity index (χ2n) is 7.62. The van der Waals surface area contributed by atoms with Crippen LogP contribution in [0.3, 0.4) is 0 Å². The van der Waals surface area contributed by atoms with Crippen molar-refractivity contribution in [2.45, 2.75) is 27.2 Å². The molecule has 3 amide bonds. The lowest BCUT2D eigenvalue weighted by atomic mass is 10.0. The molecule has 3 rings (SSSR count). The van der Waals surface area contributed by atoms with E-state index in [2.05, 4.69) is 5.32 Å². The van der Waals surface area contributed by atoms with E-state index in [4.69, 9.17) is 9.47 Å². The van der Waals surface area contributed by atoms with E-state index in [0.29, 0.717) is 23.0 Å². The fourth-order valence-electron chi connectivity index (χ4n) is 3.36. The molecule has 33 heavy (non-hydrogen) atoms. The van der Waals surface area contributed by atoms with Crippen LogP contribution in [-0.4, -0.2) is 48.8 Å². The first kappa shape index (κ1) is 24.4. The number of nitrogens with zero attached hydrogens (tertiary/aromatic N) is 1. The van der Waals surface area contributed by atoms with Crippen molar-refractivity contribution in [3.8, 4) is 11.5 Å². The van der Waals surface area contributed by atoms with Crippen LogP contribution in [-0.2, 0) is 16.0 Å². The minimum atomic E-state index is -0.374. The molecule has 1 N–H and O–H groups in total. The van der Waals surface area contributed by atoms with Crippen LogP contribution < -0.4 is 14.8 Å². The molecule has 1 heterocycles. The van der Waals surface area contributed by atoms with Gasteiger partial charge >= 0.3 is 0 Å². The summed E-state index contributed by atoms with van der Waals surface area (Å²) in [6.07, 6.45) is 1.91. The maximum Gasteiger partial charge on any atom is 0.293 e. The molecule has 0 radical (unpaired) electrons. The van der Waals surface area contributed by atoms with E-state index in [1.165, 1.54) is 5.56 Å². The van der Waals surface area contributed by atoms with Gasteiger partial charge in [0.05, 0.1) is 25.0 Å². The molecule has 2 aromatic carbocycles. The van der Waals surface area contributed by atoms with Gasteiger partial charge in [0.1, 0.15) is 0 Å². The average molecular weight is 469 g/mol. The number of imide groups is 1. The number of amides is 3. The van der Waals surface area contributed by atoms with Gasteiger partial charge in [-0.05, 0) is 73.0 Å². The predicted molar refractivity (Wildman–Crippen MR) is 129 cm³/mol. The van der Waals surface area contributed by atoms with Gasteiger partial charge in [0, 0.05) is 13.1 Å². The van der Waals surface area contributed by atoms with Gasteiger partial charge in [-0.1, -0.05) is 24.3 Å². The van der Waals surface area contributed by atoms with Crippen LogP contribution in [0, 0.1) is 13.8 Å². The van der Waals surface area contributed by atoms with Crippen LogP contribution in [0.25, 0.3) is 6.08 Å². The van der Waals surface area contributed by atoms with E-state index >= 15 is 0 Å². The van der Waals surface area contributed by atoms with Gasteiger partial charge in [0.15, 0.2) is 11.5 Å². The Bertz CT molecular complexity index is 1100. The largest absolute Gasteiger partial charge is 0.493 e.